The van der Waals surface area contributed by atoms with Gasteiger partial charge in [0.2, 0.25) is 5.95 Å². The predicted molar refractivity (Wildman–Crippen MR) is 97.7 cm³/mol. The second-order valence-electron chi connectivity index (χ2n) is 6.54. The third-order valence-corrected chi connectivity index (χ3v) is 4.59. The summed E-state index contributed by atoms with van der Waals surface area (Å²) in [4.78, 5) is 26.1. The topological polar surface area (TPSA) is 114 Å². The lowest BCUT2D eigenvalue weighted by Crippen LogP contribution is -2.14. The minimum absolute atomic E-state index is 0.273. The average molecular weight is 360 g/mol. The normalized spacial score (nSPS) is 13.8. The minimum Gasteiger partial charge on any atom is -0.291 e. The summed E-state index contributed by atoms with van der Waals surface area (Å²) in [5.41, 5.74) is 2.78. The van der Waals surface area contributed by atoms with Gasteiger partial charge in [-0.25, -0.2) is 15.1 Å². The Bertz CT molecular complexity index is 1130. The molecule has 0 saturated heterocycles. The fraction of sp³-hybridized carbons (Fsp3) is 0.222. The van der Waals surface area contributed by atoms with Gasteiger partial charge in [0.1, 0.15) is 6.33 Å². The number of H-pyrrole nitrogens is 1. The van der Waals surface area contributed by atoms with Crippen LogP contribution in [0.3, 0.4) is 0 Å². The van der Waals surface area contributed by atoms with Crippen molar-refractivity contribution in [1.82, 2.24) is 34.9 Å². The van der Waals surface area contributed by atoms with Crippen LogP contribution in [-0.2, 0) is 0 Å². The zero-order valence-corrected chi connectivity index (χ0v) is 14.5. The first-order chi connectivity index (χ1) is 13.2. The van der Waals surface area contributed by atoms with Gasteiger partial charge in [0.15, 0.2) is 11.5 Å². The van der Waals surface area contributed by atoms with E-state index < -0.39 is 0 Å². The summed E-state index contributed by atoms with van der Waals surface area (Å²) in [5, 5.41) is 14.5. The molecule has 2 N–H and O–H groups in total. The van der Waals surface area contributed by atoms with Crippen molar-refractivity contribution in [2.75, 3.05) is 5.32 Å². The molecule has 1 fully saturated rings. The third-order valence-electron chi connectivity index (χ3n) is 4.59. The highest BCUT2D eigenvalue weighted by Gasteiger charge is 2.29. The number of pyridine rings is 2. The molecule has 0 radical (unpaired) electrons. The zero-order valence-electron chi connectivity index (χ0n) is 14.5. The van der Waals surface area contributed by atoms with E-state index in [-0.39, 0.29) is 5.91 Å². The number of aromatic nitrogens is 7. The predicted octanol–water partition coefficient (Wildman–Crippen LogP) is 2.37. The van der Waals surface area contributed by atoms with Crippen LogP contribution in [-0.4, -0.2) is 40.8 Å². The number of carbonyl (C=O) groups is 1. The van der Waals surface area contributed by atoms with Crippen molar-refractivity contribution in [3.05, 3.63) is 53.7 Å². The van der Waals surface area contributed by atoms with Crippen molar-refractivity contribution in [1.29, 1.82) is 0 Å². The molecule has 1 amide bonds. The van der Waals surface area contributed by atoms with Crippen molar-refractivity contribution >= 4 is 22.9 Å². The Kier molecular flexibility index (Phi) is 3.46. The Hall–Kier alpha value is -3.62. The lowest BCUT2D eigenvalue weighted by Gasteiger charge is -2.08. The molecule has 9 heteroatoms. The first-order valence-electron chi connectivity index (χ1n) is 8.69. The third kappa shape index (κ3) is 2.73. The molecule has 0 bridgehead atoms. The largest absolute Gasteiger partial charge is 0.291 e. The summed E-state index contributed by atoms with van der Waals surface area (Å²) in [6, 6.07) is 7.48. The van der Waals surface area contributed by atoms with Gasteiger partial charge in [0.05, 0.1) is 16.6 Å². The molecule has 0 aliphatic heterocycles. The number of aryl methyl sites for hydroxylation is 1. The van der Waals surface area contributed by atoms with Crippen LogP contribution in [0, 0.1) is 6.92 Å². The number of nitrogens with one attached hydrogen (secondary N) is 2. The maximum absolute atomic E-state index is 12.9. The average Bonchev–Trinajstić information content (AvgIpc) is 3.33. The molecular formula is C18H16N8O. The fourth-order valence-corrected chi connectivity index (χ4v) is 3.15. The van der Waals surface area contributed by atoms with Crippen molar-refractivity contribution in [2.45, 2.75) is 25.7 Å². The summed E-state index contributed by atoms with van der Waals surface area (Å²) in [7, 11) is 0. The number of anilines is 1. The van der Waals surface area contributed by atoms with Gasteiger partial charge in [-0.1, -0.05) is 6.07 Å². The molecule has 1 saturated carbocycles. The first kappa shape index (κ1) is 15.6. The summed E-state index contributed by atoms with van der Waals surface area (Å²) in [5.74, 6) is 1.08. The highest BCUT2D eigenvalue weighted by molar-refractivity contribution is 6.12. The Balaban J connectivity index is 1.70. The highest BCUT2D eigenvalue weighted by atomic mass is 16.1. The zero-order chi connectivity index (χ0) is 18.4. The van der Waals surface area contributed by atoms with Crippen molar-refractivity contribution < 1.29 is 4.79 Å². The van der Waals surface area contributed by atoms with Gasteiger partial charge in [-0.15, -0.1) is 0 Å². The van der Waals surface area contributed by atoms with Gasteiger partial charge in [-0.3, -0.25) is 10.1 Å². The van der Waals surface area contributed by atoms with Crippen LogP contribution in [0.2, 0.25) is 0 Å². The van der Waals surface area contributed by atoms with Crippen molar-refractivity contribution in [3.63, 3.8) is 0 Å². The van der Waals surface area contributed by atoms with Crippen LogP contribution < -0.4 is 5.32 Å². The number of hydrogen-bond donors (Lipinski definition) is 2. The van der Waals surface area contributed by atoms with Crippen LogP contribution in [0.4, 0.5) is 5.95 Å². The van der Waals surface area contributed by atoms with Crippen LogP contribution in [0.1, 0.15) is 40.5 Å². The van der Waals surface area contributed by atoms with E-state index in [2.05, 4.69) is 30.6 Å². The molecule has 9 nitrogen and oxygen atoms in total. The number of nitrogens with zero attached hydrogens (tertiary/aromatic N) is 6. The fourth-order valence-electron chi connectivity index (χ4n) is 3.15. The number of carbonyl (C=O) groups excluding carboxylic acids is 1. The SMILES string of the molecule is Cc1nn(-c2ccccn2)c2nc(C3CC3)cc(C(=O)Nc3ncn[nH]3)c12. The van der Waals surface area contributed by atoms with Gasteiger partial charge in [-0.05, 0) is 38.0 Å². The van der Waals surface area contributed by atoms with Crippen LogP contribution >= 0.6 is 0 Å². The minimum atomic E-state index is -0.273. The number of aromatic amines is 1. The molecule has 4 aromatic rings. The van der Waals surface area contributed by atoms with E-state index >= 15 is 0 Å². The Morgan fingerprint density at radius 1 is 1.30 bits per heavy atom. The first-order valence-corrected chi connectivity index (χ1v) is 8.69. The Morgan fingerprint density at radius 2 is 2.19 bits per heavy atom. The monoisotopic (exact) mass is 360 g/mol. The number of rotatable bonds is 4. The van der Waals surface area contributed by atoms with Gasteiger partial charge in [0, 0.05) is 17.8 Å². The second kappa shape index (κ2) is 5.97. The van der Waals surface area contributed by atoms with E-state index in [0.717, 1.165) is 18.5 Å². The van der Waals surface area contributed by atoms with E-state index in [1.54, 1.807) is 10.9 Å². The molecule has 1 aliphatic carbocycles. The maximum Gasteiger partial charge on any atom is 0.258 e. The lowest BCUT2D eigenvalue weighted by molar-refractivity contribution is 0.102. The van der Waals surface area contributed by atoms with E-state index in [4.69, 9.17) is 4.98 Å². The molecule has 134 valence electrons. The smallest absolute Gasteiger partial charge is 0.258 e. The summed E-state index contributed by atoms with van der Waals surface area (Å²) in [6.07, 6.45) is 5.22. The van der Waals surface area contributed by atoms with Gasteiger partial charge in [-0.2, -0.15) is 19.9 Å². The van der Waals surface area contributed by atoms with Crippen LogP contribution in [0.5, 0.6) is 0 Å². The van der Waals surface area contributed by atoms with E-state index in [1.165, 1.54) is 6.33 Å². The standard InChI is InChI=1S/C18H16N8O/c1-10-15-12(17(27)23-18-20-9-21-24-18)8-13(11-5-6-11)22-16(15)26(25-10)14-4-2-3-7-19-14/h2-4,7-9,11H,5-6H2,1H3,(H2,20,21,23,24,27). The van der Waals surface area contributed by atoms with Gasteiger partial charge >= 0.3 is 0 Å². The molecule has 0 aromatic carbocycles. The van der Waals surface area contributed by atoms with Crippen LogP contribution in [0.15, 0.2) is 36.8 Å². The molecule has 4 heterocycles. The van der Waals surface area contributed by atoms with Gasteiger partial charge < -0.3 is 0 Å². The highest BCUT2D eigenvalue weighted by Crippen LogP contribution is 2.40. The number of fused-ring (bicyclic) bond motifs is 1. The van der Waals surface area contributed by atoms with Crippen molar-refractivity contribution in [2.24, 2.45) is 0 Å². The molecule has 0 unspecified atom stereocenters. The van der Waals surface area contributed by atoms with E-state index in [0.29, 0.717) is 40.0 Å². The Labute approximate surface area is 153 Å². The second-order valence-corrected chi connectivity index (χ2v) is 6.54. The van der Waals surface area contributed by atoms with E-state index in [1.807, 2.05) is 31.2 Å². The molecule has 5 rings (SSSR count). The maximum atomic E-state index is 12.9. The van der Waals surface area contributed by atoms with Crippen LogP contribution in [0.25, 0.3) is 16.9 Å². The number of amides is 1. The summed E-state index contributed by atoms with van der Waals surface area (Å²) < 4.78 is 1.70. The molecule has 1 aliphatic rings. The molecule has 0 atom stereocenters. The lowest BCUT2D eigenvalue weighted by atomic mass is 10.1. The quantitative estimate of drug-likeness (QED) is 0.577. The van der Waals surface area contributed by atoms with Crippen molar-refractivity contribution in [3.8, 4) is 5.82 Å². The molecule has 4 aromatic heterocycles. The molecular weight excluding hydrogens is 344 g/mol. The number of hydrogen-bond acceptors (Lipinski definition) is 6. The van der Waals surface area contributed by atoms with Gasteiger partial charge in [0.25, 0.3) is 5.91 Å². The summed E-state index contributed by atoms with van der Waals surface area (Å²) in [6.45, 7) is 1.87. The molecule has 0 spiro atoms. The summed E-state index contributed by atoms with van der Waals surface area (Å²) >= 11 is 0. The van der Waals surface area contributed by atoms with E-state index in [9.17, 15) is 4.79 Å². The molecule has 27 heavy (non-hydrogen) atoms. The Morgan fingerprint density at radius 3 is 2.89 bits per heavy atom.